The number of hydrogen-bond acceptors (Lipinski definition) is 6. The Hall–Kier alpha value is -0.960. The molecular weight excluding hydrogens is 302 g/mol. The molecule has 0 atom stereocenters. The zero-order valence-corrected chi connectivity index (χ0v) is 13.5. The Kier molecular flexibility index (Phi) is 5.31. The Morgan fingerprint density at radius 2 is 2.10 bits per heavy atom. The van der Waals surface area contributed by atoms with Crippen LogP contribution in [0.15, 0.2) is 16.3 Å². The van der Waals surface area contributed by atoms with E-state index in [4.69, 9.17) is 0 Å². The maximum absolute atomic E-state index is 12.6. The van der Waals surface area contributed by atoms with Crippen molar-refractivity contribution in [3.05, 3.63) is 16.3 Å². The maximum atomic E-state index is 12.6. The van der Waals surface area contributed by atoms with E-state index in [1.165, 1.54) is 32.4 Å². The molecule has 114 valence electrons. The summed E-state index contributed by atoms with van der Waals surface area (Å²) >= 11 is 1.01. The molecule has 0 amide bonds. The predicted molar refractivity (Wildman–Crippen MR) is 76.4 cm³/mol. The van der Waals surface area contributed by atoms with Gasteiger partial charge in [0.2, 0.25) is 10.0 Å². The fourth-order valence-electron chi connectivity index (χ4n) is 1.68. The van der Waals surface area contributed by atoms with Crippen molar-refractivity contribution in [1.82, 2.24) is 4.31 Å². The average Bonchev–Trinajstić information content (AvgIpc) is 2.83. The first-order valence-corrected chi connectivity index (χ1v) is 8.33. The van der Waals surface area contributed by atoms with Crippen LogP contribution in [0.4, 0.5) is 0 Å². The van der Waals surface area contributed by atoms with Crippen LogP contribution >= 0.6 is 11.3 Å². The molecule has 1 heterocycles. The summed E-state index contributed by atoms with van der Waals surface area (Å²) in [6, 6.07) is 1.37. The molecule has 1 aromatic heterocycles. The molecular formula is C12H19NO5S2. The van der Waals surface area contributed by atoms with Crippen molar-refractivity contribution < 1.29 is 23.1 Å². The second kappa shape index (κ2) is 6.21. The first kappa shape index (κ1) is 17.1. The summed E-state index contributed by atoms with van der Waals surface area (Å²) in [5.74, 6) is -0.683. The van der Waals surface area contributed by atoms with Gasteiger partial charge < -0.3 is 9.84 Å². The zero-order valence-electron chi connectivity index (χ0n) is 11.9. The van der Waals surface area contributed by atoms with E-state index in [0.29, 0.717) is 0 Å². The number of esters is 1. The van der Waals surface area contributed by atoms with Crippen LogP contribution in [0.5, 0.6) is 0 Å². The molecule has 0 saturated carbocycles. The number of likely N-dealkylation sites (N-methyl/N-ethyl adjacent to an activating group) is 1. The van der Waals surface area contributed by atoms with Gasteiger partial charge in [-0.3, -0.25) is 0 Å². The summed E-state index contributed by atoms with van der Waals surface area (Å²) in [5, 5.41) is 11.3. The summed E-state index contributed by atoms with van der Waals surface area (Å²) in [6.45, 7) is 4.87. The van der Waals surface area contributed by atoms with E-state index in [9.17, 15) is 18.3 Å². The van der Waals surface area contributed by atoms with Crippen molar-refractivity contribution in [3.8, 4) is 0 Å². The molecule has 0 saturated heterocycles. The number of methoxy groups -OCH3 is 1. The third-order valence-electron chi connectivity index (χ3n) is 2.53. The first-order valence-electron chi connectivity index (χ1n) is 6.02. The highest BCUT2D eigenvalue weighted by Gasteiger charge is 2.32. The highest BCUT2D eigenvalue weighted by molar-refractivity contribution is 7.89. The molecule has 0 spiro atoms. The van der Waals surface area contributed by atoms with Crippen molar-refractivity contribution in [1.29, 1.82) is 0 Å². The van der Waals surface area contributed by atoms with Gasteiger partial charge in [0.1, 0.15) is 9.77 Å². The van der Waals surface area contributed by atoms with E-state index in [1.54, 1.807) is 6.92 Å². The Morgan fingerprint density at radius 3 is 2.55 bits per heavy atom. The number of sulfonamides is 1. The Balaban J connectivity index is 3.22. The Bertz CT molecular complexity index is 571. The quantitative estimate of drug-likeness (QED) is 0.799. The predicted octanol–water partition coefficient (Wildman–Crippen LogP) is 1.32. The molecule has 0 aliphatic carbocycles. The summed E-state index contributed by atoms with van der Waals surface area (Å²) in [7, 11) is -2.64. The number of nitrogens with zero attached hydrogens (tertiary/aromatic N) is 1. The SMILES string of the molecule is CCN(CC(C)(C)O)S(=O)(=O)c1ccsc1C(=O)OC. The van der Waals surface area contributed by atoms with Crippen LogP contribution in [-0.2, 0) is 14.8 Å². The minimum absolute atomic E-state index is 0.0432. The second-order valence-corrected chi connectivity index (χ2v) is 7.67. The van der Waals surface area contributed by atoms with Crippen molar-refractivity contribution in [2.45, 2.75) is 31.3 Å². The molecule has 0 unspecified atom stereocenters. The Labute approximate surface area is 123 Å². The lowest BCUT2D eigenvalue weighted by atomic mass is 10.1. The molecule has 6 nitrogen and oxygen atoms in total. The van der Waals surface area contributed by atoms with Crippen molar-refractivity contribution in [2.24, 2.45) is 0 Å². The Morgan fingerprint density at radius 1 is 1.50 bits per heavy atom. The van der Waals surface area contributed by atoms with Crippen LogP contribution < -0.4 is 0 Å². The van der Waals surface area contributed by atoms with Gasteiger partial charge in [-0.2, -0.15) is 4.31 Å². The number of rotatable bonds is 6. The maximum Gasteiger partial charge on any atom is 0.349 e. The van der Waals surface area contributed by atoms with Gasteiger partial charge in [-0.15, -0.1) is 11.3 Å². The highest BCUT2D eigenvalue weighted by atomic mass is 32.2. The summed E-state index contributed by atoms with van der Waals surface area (Å²) in [5.41, 5.74) is -1.16. The molecule has 0 radical (unpaired) electrons. The van der Waals surface area contributed by atoms with Crippen LogP contribution in [0, 0.1) is 0 Å². The van der Waals surface area contributed by atoms with E-state index in [0.717, 1.165) is 15.6 Å². The fraction of sp³-hybridized carbons (Fsp3) is 0.583. The first-order chi connectivity index (χ1) is 9.13. The van der Waals surface area contributed by atoms with Gasteiger partial charge in [-0.05, 0) is 25.3 Å². The number of carbonyl (C=O) groups is 1. The summed E-state index contributed by atoms with van der Waals surface area (Å²) in [4.78, 5) is 11.6. The van der Waals surface area contributed by atoms with Crippen LogP contribution in [0.2, 0.25) is 0 Å². The van der Waals surface area contributed by atoms with Crippen LogP contribution in [0.25, 0.3) is 0 Å². The normalized spacial score (nSPS) is 12.7. The minimum atomic E-state index is -3.84. The van der Waals surface area contributed by atoms with Gasteiger partial charge >= 0.3 is 5.97 Å². The van der Waals surface area contributed by atoms with Gasteiger partial charge in [0, 0.05) is 13.1 Å². The van der Waals surface area contributed by atoms with Crippen molar-refractivity contribution in [3.63, 3.8) is 0 Å². The lowest BCUT2D eigenvalue weighted by molar-refractivity contribution is 0.0597. The molecule has 0 aliphatic heterocycles. The van der Waals surface area contributed by atoms with Crippen LogP contribution in [0.3, 0.4) is 0 Å². The largest absolute Gasteiger partial charge is 0.465 e. The fourth-order valence-corrected chi connectivity index (χ4v) is 4.59. The molecule has 1 rings (SSSR count). The second-order valence-electron chi connectivity index (χ2n) is 4.85. The lowest BCUT2D eigenvalue weighted by Crippen LogP contribution is -2.42. The van der Waals surface area contributed by atoms with Crippen molar-refractivity contribution in [2.75, 3.05) is 20.2 Å². The molecule has 1 N–H and O–H groups in total. The number of hydrogen-bond donors (Lipinski definition) is 1. The van der Waals surface area contributed by atoms with Crippen molar-refractivity contribution >= 4 is 27.3 Å². The molecule has 0 fully saturated rings. The number of ether oxygens (including phenoxy) is 1. The molecule has 8 heteroatoms. The molecule has 0 aliphatic rings. The lowest BCUT2D eigenvalue weighted by Gasteiger charge is -2.27. The van der Waals surface area contributed by atoms with E-state index < -0.39 is 21.6 Å². The topological polar surface area (TPSA) is 83.9 Å². The molecule has 0 aromatic carbocycles. The zero-order chi connectivity index (χ0) is 15.6. The van der Waals surface area contributed by atoms with Gasteiger partial charge in [-0.1, -0.05) is 6.92 Å². The molecule has 1 aromatic rings. The van der Waals surface area contributed by atoms with Crippen LogP contribution in [-0.4, -0.2) is 49.6 Å². The van der Waals surface area contributed by atoms with Crippen LogP contribution in [0.1, 0.15) is 30.4 Å². The summed E-state index contributed by atoms with van der Waals surface area (Å²) < 4.78 is 30.8. The highest BCUT2D eigenvalue weighted by Crippen LogP contribution is 2.26. The molecule has 0 bridgehead atoms. The van der Waals surface area contributed by atoms with Gasteiger partial charge in [0.15, 0.2) is 0 Å². The minimum Gasteiger partial charge on any atom is -0.465 e. The monoisotopic (exact) mass is 321 g/mol. The summed E-state index contributed by atoms with van der Waals surface area (Å²) in [6.07, 6.45) is 0. The van der Waals surface area contributed by atoms with E-state index in [2.05, 4.69) is 4.74 Å². The standard InChI is InChI=1S/C12H19NO5S2/c1-5-13(8-12(2,3)15)20(16,17)9-6-7-19-10(9)11(14)18-4/h6-7,15H,5,8H2,1-4H3. The third-order valence-corrected chi connectivity index (χ3v) is 5.52. The average molecular weight is 321 g/mol. The van der Waals surface area contributed by atoms with Gasteiger partial charge in [-0.25, -0.2) is 13.2 Å². The number of aliphatic hydroxyl groups is 1. The number of carbonyl (C=O) groups excluding carboxylic acids is 1. The van der Waals surface area contributed by atoms with E-state index >= 15 is 0 Å². The van der Waals surface area contributed by atoms with Gasteiger partial charge in [0.25, 0.3) is 0 Å². The third kappa shape index (κ3) is 3.78. The van der Waals surface area contributed by atoms with Gasteiger partial charge in [0.05, 0.1) is 12.7 Å². The number of thiophene rings is 1. The van der Waals surface area contributed by atoms with E-state index in [1.807, 2.05) is 0 Å². The smallest absolute Gasteiger partial charge is 0.349 e. The van der Waals surface area contributed by atoms with E-state index in [-0.39, 0.29) is 22.9 Å². The molecule has 20 heavy (non-hydrogen) atoms.